The number of aliphatic hydroxyl groups excluding tert-OH is 1. The normalized spacial score (nSPS) is 26.6. The Bertz CT molecular complexity index is 1110. The molecule has 2 aromatic rings. The van der Waals surface area contributed by atoms with Crippen molar-refractivity contribution in [3.05, 3.63) is 69.3 Å². The molecule has 0 fully saturated rings. The van der Waals surface area contributed by atoms with Crippen LogP contribution >= 0.6 is 0 Å². The molecular formula is C22H18O6. The minimum atomic E-state index is -1.24. The molecule has 1 N–H and O–H groups in total. The lowest BCUT2D eigenvalue weighted by molar-refractivity contribution is -0.0548. The summed E-state index contributed by atoms with van der Waals surface area (Å²) in [6, 6.07) is 8.84. The molecule has 5 rings (SSSR count). The van der Waals surface area contributed by atoms with Crippen LogP contribution in [0.25, 0.3) is 0 Å². The summed E-state index contributed by atoms with van der Waals surface area (Å²) in [5.41, 5.74) is 3.56. The van der Waals surface area contributed by atoms with E-state index in [4.69, 9.17) is 9.47 Å². The molecule has 2 aliphatic heterocycles. The van der Waals surface area contributed by atoms with E-state index in [0.29, 0.717) is 11.1 Å². The Balaban J connectivity index is 1.73. The summed E-state index contributed by atoms with van der Waals surface area (Å²) in [5.74, 6) is -1.80. The summed E-state index contributed by atoms with van der Waals surface area (Å²) in [4.78, 5) is 35.9. The standard InChI is InChI=1S/C22H18O6/c1-21(2)9-22(3,10-4-5-11-12(6-10)18(24)27-17(11)23)16-8-14-13(7-15(16)21)19(25)28-20(14)26/h4-8,19,25H,9H2,1-3H3. The number of cyclic esters (lactones) is 3. The van der Waals surface area contributed by atoms with Crippen molar-refractivity contribution in [2.75, 3.05) is 0 Å². The number of hydrogen-bond donors (Lipinski definition) is 1. The third-order valence-electron chi connectivity index (χ3n) is 6.30. The number of rotatable bonds is 1. The summed E-state index contributed by atoms with van der Waals surface area (Å²) < 4.78 is 9.67. The van der Waals surface area contributed by atoms with Crippen LogP contribution in [-0.4, -0.2) is 23.0 Å². The number of benzene rings is 2. The van der Waals surface area contributed by atoms with E-state index in [2.05, 4.69) is 20.8 Å². The van der Waals surface area contributed by atoms with Gasteiger partial charge < -0.3 is 14.6 Å². The van der Waals surface area contributed by atoms with Crippen molar-refractivity contribution >= 4 is 17.9 Å². The molecule has 0 saturated carbocycles. The lowest BCUT2D eigenvalue weighted by Gasteiger charge is -2.28. The van der Waals surface area contributed by atoms with Gasteiger partial charge in [-0.05, 0) is 52.8 Å². The van der Waals surface area contributed by atoms with Crippen molar-refractivity contribution in [2.24, 2.45) is 0 Å². The van der Waals surface area contributed by atoms with Crippen LogP contribution in [0, 0.1) is 0 Å². The van der Waals surface area contributed by atoms with Crippen LogP contribution in [0.3, 0.4) is 0 Å². The van der Waals surface area contributed by atoms with E-state index in [1.807, 2.05) is 12.1 Å². The second kappa shape index (κ2) is 5.08. The fraction of sp³-hybridized carbons (Fsp3) is 0.318. The van der Waals surface area contributed by atoms with E-state index in [-0.39, 0.29) is 16.5 Å². The zero-order chi connectivity index (χ0) is 20.0. The zero-order valence-corrected chi connectivity index (χ0v) is 15.7. The van der Waals surface area contributed by atoms with E-state index >= 15 is 0 Å². The topological polar surface area (TPSA) is 89.9 Å². The van der Waals surface area contributed by atoms with Gasteiger partial charge in [0.2, 0.25) is 6.29 Å². The van der Waals surface area contributed by atoms with Crippen molar-refractivity contribution in [3.63, 3.8) is 0 Å². The predicted octanol–water partition coefficient (Wildman–Crippen LogP) is 3.15. The van der Waals surface area contributed by atoms with Gasteiger partial charge in [0.1, 0.15) is 0 Å². The molecule has 1 aliphatic carbocycles. The Morgan fingerprint density at radius 2 is 1.61 bits per heavy atom. The molecule has 3 aliphatic rings. The molecular weight excluding hydrogens is 360 g/mol. The van der Waals surface area contributed by atoms with Crippen LogP contribution < -0.4 is 0 Å². The Hall–Kier alpha value is -2.99. The molecule has 0 amide bonds. The number of ether oxygens (including phenoxy) is 2. The largest absolute Gasteiger partial charge is 0.428 e. The van der Waals surface area contributed by atoms with Crippen LogP contribution in [0.4, 0.5) is 0 Å². The number of fused-ring (bicyclic) bond motifs is 3. The van der Waals surface area contributed by atoms with E-state index in [1.54, 1.807) is 18.2 Å². The molecule has 0 spiro atoms. The number of hydrogen-bond acceptors (Lipinski definition) is 6. The summed E-state index contributed by atoms with van der Waals surface area (Å²) in [6.45, 7) is 6.28. The van der Waals surface area contributed by atoms with Gasteiger partial charge >= 0.3 is 17.9 Å². The van der Waals surface area contributed by atoms with E-state index < -0.39 is 29.6 Å². The smallest absolute Gasteiger partial charge is 0.346 e. The molecule has 2 atom stereocenters. The minimum Gasteiger partial charge on any atom is -0.428 e. The van der Waals surface area contributed by atoms with Gasteiger partial charge in [-0.3, -0.25) is 0 Å². The van der Waals surface area contributed by atoms with E-state index in [0.717, 1.165) is 23.1 Å². The van der Waals surface area contributed by atoms with Crippen molar-refractivity contribution in [3.8, 4) is 0 Å². The van der Waals surface area contributed by atoms with Crippen molar-refractivity contribution in [2.45, 2.75) is 44.3 Å². The van der Waals surface area contributed by atoms with Crippen LogP contribution in [0.5, 0.6) is 0 Å². The van der Waals surface area contributed by atoms with Gasteiger partial charge in [-0.1, -0.05) is 26.8 Å². The molecule has 6 nitrogen and oxygen atoms in total. The molecule has 0 aromatic heterocycles. The maximum atomic E-state index is 12.1. The monoisotopic (exact) mass is 378 g/mol. The van der Waals surface area contributed by atoms with Crippen LogP contribution in [-0.2, 0) is 20.3 Å². The highest BCUT2D eigenvalue weighted by atomic mass is 16.6. The Morgan fingerprint density at radius 3 is 2.36 bits per heavy atom. The Labute approximate surface area is 161 Å². The lowest BCUT2D eigenvalue weighted by Crippen LogP contribution is -2.24. The van der Waals surface area contributed by atoms with Gasteiger partial charge in [0.15, 0.2) is 0 Å². The van der Waals surface area contributed by atoms with Gasteiger partial charge in [0.25, 0.3) is 0 Å². The molecule has 142 valence electrons. The molecule has 2 aromatic carbocycles. The van der Waals surface area contributed by atoms with Gasteiger partial charge in [-0.15, -0.1) is 0 Å². The average molecular weight is 378 g/mol. The van der Waals surface area contributed by atoms with Crippen molar-refractivity contribution < 1.29 is 29.0 Å². The lowest BCUT2D eigenvalue weighted by atomic mass is 9.74. The second-order valence-corrected chi connectivity index (χ2v) is 8.57. The van der Waals surface area contributed by atoms with E-state index in [9.17, 15) is 19.5 Å². The van der Waals surface area contributed by atoms with Crippen LogP contribution in [0.2, 0.25) is 0 Å². The average Bonchev–Trinajstić information content (AvgIpc) is 3.16. The first-order chi connectivity index (χ1) is 13.1. The summed E-state index contributed by atoms with van der Waals surface area (Å²) >= 11 is 0. The van der Waals surface area contributed by atoms with Crippen LogP contribution in [0.1, 0.15) is 86.8 Å². The zero-order valence-electron chi connectivity index (χ0n) is 15.7. The number of carbonyl (C=O) groups excluding carboxylic acids is 3. The quantitative estimate of drug-likeness (QED) is 0.606. The maximum Gasteiger partial charge on any atom is 0.346 e. The fourth-order valence-electron chi connectivity index (χ4n) is 5.00. The Morgan fingerprint density at radius 1 is 0.893 bits per heavy atom. The van der Waals surface area contributed by atoms with Gasteiger partial charge in [-0.2, -0.15) is 0 Å². The number of aliphatic hydroxyl groups is 1. The summed E-state index contributed by atoms with van der Waals surface area (Å²) in [5, 5.41) is 10.0. The molecule has 2 heterocycles. The molecule has 0 bridgehead atoms. The summed E-state index contributed by atoms with van der Waals surface area (Å²) in [7, 11) is 0. The summed E-state index contributed by atoms with van der Waals surface area (Å²) in [6.07, 6.45) is -0.498. The first kappa shape index (κ1) is 17.1. The molecule has 2 unspecified atom stereocenters. The van der Waals surface area contributed by atoms with Gasteiger partial charge in [0.05, 0.1) is 16.7 Å². The highest BCUT2D eigenvalue weighted by Gasteiger charge is 2.48. The highest BCUT2D eigenvalue weighted by molar-refractivity contribution is 6.14. The highest BCUT2D eigenvalue weighted by Crippen LogP contribution is 2.54. The predicted molar refractivity (Wildman–Crippen MR) is 97.1 cm³/mol. The maximum absolute atomic E-state index is 12.1. The fourth-order valence-corrected chi connectivity index (χ4v) is 5.00. The van der Waals surface area contributed by atoms with Crippen molar-refractivity contribution in [1.29, 1.82) is 0 Å². The first-order valence-corrected chi connectivity index (χ1v) is 9.11. The number of carbonyl (C=O) groups is 3. The SMILES string of the molecule is CC1(C)CC(C)(c2ccc3c(c2)C(=O)OC3=O)c2cc3c(cc21)C(O)OC3=O. The molecule has 0 saturated heterocycles. The van der Waals surface area contributed by atoms with E-state index in [1.165, 1.54) is 0 Å². The van der Waals surface area contributed by atoms with Crippen molar-refractivity contribution in [1.82, 2.24) is 0 Å². The Kier molecular flexibility index (Phi) is 3.11. The minimum absolute atomic E-state index is 0.222. The van der Waals surface area contributed by atoms with Crippen LogP contribution in [0.15, 0.2) is 30.3 Å². The molecule has 0 radical (unpaired) electrons. The number of esters is 3. The first-order valence-electron chi connectivity index (χ1n) is 9.11. The third kappa shape index (κ3) is 2.04. The van der Waals surface area contributed by atoms with Gasteiger partial charge in [0, 0.05) is 11.0 Å². The van der Waals surface area contributed by atoms with Gasteiger partial charge in [-0.25, -0.2) is 14.4 Å². The molecule has 28 heavy (non-hydrogen) atoms. The second-order valence-electron chi connectivity index (χ2n) is 8.57. The molecule has 6 heteroatoms. The third-order valence-corrected chi connectivity index (χ3v) is 6.30.